The fourth-order valence-electron chi connectivity index (χ4n) is 0.792. The molecule has 4 nitrogen and oxygen atoms in total. The van der Waals surface area contributed by atoms with Crippen LogP contribution in [-0.4, -0.2) is 9.91 Å². The van der Waals surface area contributed by atoms with Crippen molar-refractivity contribution in [2.75, 3.05) is 0 Å². The highest BCUT2D eigenvalue weighted by molar-refractivity contribution is 5.50. The van der Waals surface area contributed by atoms with Gasteiger partial charge < -0.3 is 0 Å². The lowest BCUT2D eigenvalue weighted by atomic mass is 10.2. The maximum Gasteiger partial charge on any atom is 0.235 e. The average Bonchev–Trinajstić information content (AvgIpc) is 2.03. The van der Waals surface area contributed by atoms with Gasteiger partial charge in [0.25, 0.3) is 0 Å². The van der Waals surface area contributed by atoms with E-state index in [1.165, 1.54) is 6.08 Å². The molecule has 1 aromatic rings. The zero-order chi connectivity index (χ0) is 8.97. The summed E-state index contributed by atoms with van der Waals surface area (Å²) in [5, 5.41) is 9.98. The Hall–Kier alpha value is -1.71. The van der Waals surface area contributed by atoms with Crippen LogP contribution in [0.15, 0.2) is 24.7 Å². The topological polar surface area (TPSA) is 56.0 Å². The molecule has 0 fully saturated rings. The Morgan fingerprint density at radius 2 is 2.42 bits per heavy atom. The molecule has 0 saturated heterocycles. The second kappa shape index (κ2) is 3.61. The van der Waals surface area contributed by atoms with Gasteiger partial charge in [0, 0.05) is 24.0 Å². The third-order valence-corrected chi connectivity index (χ3v) is 1.46. The van der Waals surface area contributed by atoms with E-state index in [9.17, 15) is 10.1 Å². The van der Waals surface area contributed by atoms with Gasteiger partial charge in [-0.2, -0.15) is 0 Å². The molecule has 0 aliphatic carbocycles. The summed E-state index contributed by atoms with van der Waals surface area (Å²) in [6, 6.07) is 1.81. The third kappa shape index (κ3) is 2.16. The second-order valence-corrected chi connectivity index (χ2v) is 2.33. The predicted molar refractivity (Wildman–Crippen MR) is 45.0 cm³/mol. The molecule has 0 N–H and O–H groups in total. The summed E-state index contributed by atoms with van der Waals surface area (Å²) in [4.78, 5) is 13.3. The molecule has 0 saturated carbocycles. The summed E-state index contributed by atoms with van der Waals surface area (Å²) in [6.45, 7) is 1.88. The maximum absolute atomic E-state index is 9.98. The second-order valence-electron chi connectivity index (χ2n) is 2.33. The first-order valence-electron chi connectivity index (χ1n) is 3.42. The van der Waals surface area contributed by atoms with Crippen LogP contribution in [0.3, 0.4) is 0 Å². The molecular formula is C8H8N2O2. The van der Waals surface area contributed by atoms with Gasteiger partial charge >= 0.3 is 0 Å². The quantitative estimate of drug-likeness (QED) is 0.493. The zero-order valence-electron chi connectivity index (χ0n) is 6.60. The average molecular weight is 164 g/mol. The van der Waals surface area contributed by atoms with Crippen LogP contribution in [0.4, 0.5) is 0 Å². The lowest BCUT2D eigenvalue weighted by molar-refractivity contribution is -0.400. The molecule has 0 bridgehead atoms. The Kier molecular flexibility index (Phi) is 2.53. The van der Waals surface area contributed by atoms with Crippen LogP contribution in [0.25, 0.3) is 6.08 Å². The Morgan fingerprint density at radius 1 is 1.67 bits per heavy atom. The molecule has 1 rings (SSSR count). The minimum absolute atomic E-state index is 0.494. The Balaban J connectivity index is 2.89. The van der Waals surface area contributed by atoms with Gasteiger partial charge in [-0.05, 0) is 18.6 Å². The number of pyridine rings is 1. The van der Waals surface area contributed by atoms with E-state index in [-0.39, 0.29) is 0 Å². The molecular weight excluding hydrogens is 156 g/mol. The van der Waals surface area contributed by atoms with Crippen LogP contribution in [0.5, 0.6) is 0 Å². The number of aryl methyl sites for hydroxylation is 1. The maximum atomic E-state index is 9.98. The fourth-order valence-corrected chi connectivity index (χ4v) is 0.792. The van der Waals surface area contributed by atoms with E-state index < -0.39 is 4.92 Å². The lowest BCUT2D eigenvalue weighted by Gasteiger charge is -1.94. The minimum atomic E-state index is -0.494. The number of nitrogens with zero attached hydrogens (tertiary/aromatic N) is 2. The van der Waals surface area contributed by atoms with E-state index in [2.05, 4.69) is 4.98 Å². The highest BCUT2D eigenvalue weighted by atomic mass is 16.6. The zero-order valence-corrected chi connectivity index (χ0v) is 6.60. The third-order valence-electron chi connectivity index (χ3n) is 1.46. The van der Waals surface area contributed by atoms with Gasteiger partial charge in [0.2, 0.25) is 6.20 Å². The van der Waals surface area contributed by atoms with E-state index in [0.717, 1.165) is 17.3 Å². The first-order valence-corrected chi connectivity index (χ1v) is 3.42. The first kappa shape index (κ1) is 8.39. The van der Waals surface area contributed by atoms with Crippen molar-refractivity contribution in [3.05, 3.63) is 45.9 Å². The largest absolute Gasteiger partial charge is 0.264 e. The molecule has 4 heteroatoms. The monoisotopic (exact) mass is 164 g/mol. The Bertz CT molecular complexity index is 321. The number of hydrogen-bond acceptors (Lipinski definition) is 3. The number of hydrogen-bond donors (Lipinski definition) is 0. The molecule has 0 amide bonds. The van der Waals surface area contributed by atoms with Gasteiger partial charge in [0.15, 0.2) is 0 Å². The molecule has 0 unspecified atom stereocenters. The van der Waals surface area contributed by atoms with Gasteiger partial charge in [-0.3, -0.25) is 15.1 Å². The molecule has 62 valence electrons. The van der Waals surface area contributed by atoms with E-state index in [4.69, 9.17) is 0 Å². The number of nitro groups is 1. The van der Waals surface area contributed by atoms with Gasteiger partial charge in [-0.15, -0.1) is 0 Å². The summed E-state index contributed by atoms with van der Waals surface area (Å²) >= 11 is 0. The standard InChI is InChI=1S/C8H8N2O2/c1-7-2-4-9-6-8(7)3-5-10(11)12/h2-6H,1H3/b5-3+. The number of rotatable bonds is 2. The normalized spacial score (nSPS) is 10.4. The van der Waals surface area contributed by atoms with E-state index in [0.29, 0.717) is 0 Å². The minimum Gasteiger partial charge on any atom is -0.264 e. The summed E-state index contributed by atoms with van der Waals surface area (Å²) in [7, 11) is 0. The molecule has 0 atom stereocenters. The molecule has 12 heavy (non-hydrogen) atoms. The van der Waals surface area contributed by atoms with Crippen molar-refractivity contribution < 1.29 is 4.92 Å². The van der Waals surface area contributed by atoms with E-state index in [1.807, 2.05) is 6.92 Å². The summed E-state index contributed by atoms with van der Waals surface area (Å²) in [5.41, 5.74) is 1.75. The van der Waals surface area contributed by atoms with Gasteiger partial charge in [0.1, 0.15) is 0 Å². The van der Waals surface area contributed by atoms with E-state index >= 15 is 0 Å². The Labute approximate surface area is 69.7 Å². The predicted octanol–water partition coefficient (Wildman–Crippen LogP) is 1.64. The number of aromatic nitrogens is 1. The van der Waals surface area contributed by atoms with Crippen LogP contribution < -0.4 is 0 Å². The van der Waals surface area contributed by atoms with Crippen LogP contribution in [0.2, 0.25) is 0 Å². The van der Waals surface area contributed by atoms with Crippen LogP contribution >= 0.6 is 0 Å². The van der Waals surface area contributed by atoms with Crippen LogP contribution in [-0.2, 0) is 0 Å². The van der Waals surface area contributed by atoms with Crippen molar-refractivity contribution in [2.45, 2.75) is 6.92 Å². The van der Waals surface area contributed by atoms with Crippen LogP contribution in [0, 0.1) is 17.0 Å². The van der Waals surface area contributed by atoms with Gasteiger partial charge in [0.05, 0.1) is 4.92 Å². The first-order chi connectivity index (χ1) is 5.70. The van der Waals surface area contributed by atoms with Crippen LogP contribution in [0.1, 0.15) is 11.1 Å². The molecule has 1 heterocycles. The van der Waals surface area contributed by atoms with Crippen molar-refractivity contribution in [1.29, 1.82) is 0 Å². The highest BCUT2D eigenvalue weighted by Crippen LogP contribution is 2.06. The Morgan fingerprint density at radius 3 is 3.00 bits per heavy atom. The summed E-state index contributed by atoms with van der Waals surface area (Å²) in [5.74, 6) is 0. The molecule has 0 aliphatic heterocycles. The van der Waals surface area contributed by atoms with Crippen molar-refractivity contribution in [2.24, 2.45) is 0 Å². The molecule has 0 spiro atoms. The molecule has 0 aromatic carbocycles. The molecule has 1 aromatic heterocycles. The smallest absolute Gasteiger partial charge is 0.235 e. The van der Waals surface area contributed by atoms with Crippen molar-refractivity contribution >= 4 is 6.08 Å². The van der Waals surface area contributed by atoms with Crippen molar-refractivity contribution in [3.63, 3.8) is 0 Å². The summed E-state index contributed by atoms with van der Waals surface area (Å²) in [6.07, 6.45) is 5.58. The van der Waals surface area contributed by atoms with E-state index in [1.54, 1.807) is 18.5 Å². The summed E-state index contributed by atoms with van der Waals surface area (Å²) < 4.78 is 0. The fraction of sp³-hybridized carbons (Fsp3) is 0.125. The lowest BCUT2D eigenvalue weighted by Crippen LogP contribution is -1.85. The van der Waals surface area contributed by atoms with Crippen molar-refractivity contribution in [1.82, 2.24) is 4.98 Å². The van der Waals surface area contributed by atoms with Crippen molar-refractivity contribution in [3.8, 4) is 0 Å². The van der Waals surface area contributed by atoms with Gasteiger partial charge in [-0.25, -0.2) is 0 Å². The molecule has 0 aliphatic rings. The molecule has 0 radical (unpaired) electrons. The SMILES string of the molecule is Cc1ccncc1/C=C/[N+](=O)[O-]. The van der Waals surface area contributed by atoms with Gasteiger partial charge in [-0.1, -0.05) is 0 Å². The highest BCUT2D eigenvalue weighted by Gasteiger charge is 1.93.